The van der Waals surface area contributed by atoms with E-state index in [-0.39, 0.29) is 12.7 Å². The first-order valence-electron chi connectivity index (χ1n) is 11.4. The maximum atomic E-state index is 9.95. The summed E-state index contributed by atoms with van der Waals surface area (Å²) in [5.41, 5.74) is 0. The lowest BCUT2D eigenvalue weighted by Crippen LogP contribution is -2.26. The van der Waals surface area contributed by atoms with Gasteiger partial charge in [-0.2, -0.15) is 0 Å². The van der Waals surface area contributed by atoms with Crippen LogP contribution in [0, 0.1) is 0 Å². The average Bonchev–Trinajstić information content (AvgIpc) is 2.66. The van der Waals surface area contributed by atoms with E-state index in [1.54, 1.807) is 6.92 Å². The molecule has 0 bridgehead atoms. The van der Waals surface area contributed by atoms with E-state index in [4.69, 9.17) is 30.3 Å². The third kappa shape index (κ3) is 19.8. The maximum Gasteiger partial charge on any atom is 0.324 e. The van der Waals surface area contributed by atoms with Crippen molar-refractivity contribution in [1.82, 2.24) is 0 Å². The molecule has 0 aromatic carbocycles. The molecule has 0 aliphatic rings. The van der Waals surface area contributed by atoms with Crippen LogP contribution in [0.5, 0.6) is 0 Å². The Bertz CT molecular complexity index is 371. The zero-order valence-corrected chi connectivity index (χ0v) is 20.2. The van der Waals surface area contributed by atoms with Crippen molar-refractivity contribution in [2.24, 2.45) is 0 Å². The van der Waals surface area contributed by atoms with Crippen molar-refractivity contribution in [1.29, 1.82) is 0 Å². The second-order valence-electron chi connectivity index (χ2n) is 7.29. The molecule has 1 N–H and O–H groups in total. The molecule has 0 aliphatic heterocycles. The van der Waals surface area contributed by atoms with E-state index in [9.17, 15) is 4.89 Å². The number of hydrogen-bond acceptors (Lipinski definition) is 5. The molecule has 170 valence electrons. The van der Waals surface area contributed by atoms with Gasteiger partial charge < -0.3 is 23.4 Å². The molecule has 0 heterocycles. The fraction of sp³-hybridized carbons (Fsp3) is 1.00. The molecule has 0 saturated carbocycles. The summed E-state index contributed by atoms with van der Waals surface area (Å²) in [6, 6.07) is 0. The fourth-order valence-corrected chi connectivity index (χ4v) is 4.11. The lowest BCUT2D eigenvalue weighted by atomic mass is 10.1. The van der Waals surface area contributed by atoms with Crippen LogP contribution in [-0.4, -0.2) is 44.0 Å². The smallest absolute Gasteiger partial charge is 0.324 e. The summed E-state index contributed by atoms with van der Waals surface area (Å²) in [7, 11) is 0. The third-order valence-electron chi connectivity index (χ3n) is 4.51. The molecule has 0 spiro atoms. The quantitative estimate of drug-likeness (QED) is 0.156. The van der Waals surface area contributed by atoms with Crippen molar-refractivity contribution in [2.45, 2.75) is 104 Å². The molecule has 2 unspecified atom stereocenters. The van der Waals surface area contributed by atoms with Gasteiger partial charge in [0.15, 0.2) is 0 Å². The molecule has 5 nitrogen and oxygen atoms in total. The molecule has 0 aliphatic carbocycles. The van der Waals surface area contributed by atoms with Gasteiger partial charge in [0.1, 0.15) is 6.10 Å². The molecule has 0 saturated heterocycles. The SMILES string of the molecule is CCCCCCCCOCC(COP(O)(=S)OCC)OCCCCCCCC. The van der Waals surface area contributed by atoms with E-state index in [1.165, 1.54) is 64.2 Å². The minimum atomic E-state index is -3.17. The third-order valence-corrected chi connectivity index (χ3v) is 6.21. The summed E-state index contributed by atoms with van der Waals surface area (Å²) < 4.78 is 22.3. The largest absolute Gasteiger partial charge is 0.379 e. The predicted octanol–water partition coefficient (Wildman–Crippen LogP) is 6.38. The first-order chi connectivity index (χ1) is 13.6. The van der Waals surface area contributed by atoms with Crippen LogP contribution < -0.4 is 0 Å². The normalized spacial score (nSPS) is 14.9. The number of unbranched alkanes of at least 4 members (excludes halogenated alkanes) is 10. The fourth-order valence-electron chi connectivity index (χ4n) is 2.85. The second kappa shape index (κ2) is 20.7. The summed E-state index contributed by atoms with van der Waals surface area (Å²) in [5, 5.41) is 0. The zero-order valence-electron chi connectivity index (χ0n) is 18.5. The zero-order chi connectivity index (χ0) is 20.9. The van der Waals surface area contributed by atoms with Gasteiger partial charge in [-0.3, -0.25) is 0 Å². The molecular formula is C21H45O5PS. The van der Waals surface area contributed by atoms with Gasteiger partial charge in [0.2, 0.25) is 0 Å². The highest BCUT2D eigenvalue weighted by atomic mass is 32.5. The standard InChI is InChI=1S/C21H45O5PS/c1-4-7-9-11-13-15-17-23-19-21(20-26-27(22,28)25-6-3)24-18-16-14-12-10-8-5-2/h21H,4-20H2,1-3H3,(H,22,28). The first-order valence-corrected chi connectivity index (χ1v) is 14.0. The predicted molar refractivity (Wildman–Crippen MR) is 121 cm³/mol. The summed E-state index contributed by atoms with van der Waals surface area (Å²) >= 11 is 4.99. The van der Waals surface area contributed by atoms with E-state index in [2.05, 4.69) is 13.8 Å². The van der Waals surface area contributed by atoms with Crippen molar-refractivity contribution in [3.8, 4) is 0 Å². The highest BCUT2D eigenvalue weighted by Crippen LogP contribution is 2.43. The van der Waals surface area contributed by atoms with Crippen molar-refractivity contribution >= 4 is 18.5 Å². The lowest BCUT2D eigenvalue weighted by Gasteiger charge is -2.21. The van der Waals surface area contributed by atoms with Crippen LogP contribution in [0.4, 0.5) is 0 Å². The summed E-state index contributed by atoms with van der Waals surface area (Å²) in [6.07, 6.45) is 14.6. The molecule has 0 rings (SSSR count). The lowest BCUT2D eigenvalue weighted by molar-refractivity contribution is -0.0415. The Morgan fingerprint density at radius 2 is 1.25 bits per heavy atom. The van der Waals surface area contributed by atoms with Gasteiger partial charge in [-0.15, -0.1) is 0 Å². The topological polar surface area (TPSA) is 57.2 Å². The highest BCUT2D eigenvalue weighted by molar-refractivity contribution is 8.07. The van der Waals surface area contributed by atoms with E-state index in [0.717, 1.165) is 19.4 Å². The van der Waals surface area contributed by atoms with E-state index in [0.29, 0.717) is 19.8 Å². The maximum absolute atomic E-state index is 9.95. The van der Waals surface area contributed by atoms with Gasteiger partial charge in [0.25, 0.3) is 0 Å². The number of hydrogen-bond donors (Lipinski definition) is 1. The van der Waals surface area contributed by atoms with Crippen LogP contribution in [0.3, 0.4) is 0 Å². The van der Waals surface area contributed by atoms with Crippen LogP contribution in [-0.2, 0) is 30.3 Å². The highest BCUT2D eigenvalue weighted by Gasteiger charge is 2.18. The van der Waals surface area contributed by atoms with Crippen molar-refractivity contribution < 1.29 is 23.4 Å². The Morgan fingerprint density at radius 3 is 1.82 bits per heavy atom. The van der Waals surface area contributed by atoms with E-state index >= 15 is 0 Å². The van der Waals surface area contributed by atoms with Gasteiger partial charge >= 0.3 is 6.72 Å². The van der Waals surface area contributed by atoms with Crippen LogP contribution in [0.1, 0.15) is 97.8 Å². The summed E-state index contributed by atoms with van der Waals surface area (Å²) in [5.74, 6) is 0. The molecular weight excluding hydrogens is 395 g/mol. The minimum absolute atomic E-state index is 0.208. The Morgan fingerprint density at radius 1 is 0.714 bits per heavy atom. The summed E-state index contributed by atoms with van der Waals surface area (Å²) in [4.78, 5) is 9.95. The monoisotopic (exact) mass is 440 g/mol. The number of rotatable bonds is 22. The van der Waals surface area contributed by atoms with Gasteiger partial charge in [-0.1, -0.05) is 78.1 Å². The van der Waals surface area contributed by atoms with Crippen LogP contribution in [0.25, 0.3) is 0 Å². The van der Waals surface area contributed by atoms with Crippen LogP contribution >= 0.6 is 6.72 Å². The second-order valence-corrected chi connectivity index (χ2v) is 10.1. The minimum Gasteiger partial charge on any atom is -0.379 e. The molecule has 7 heteroatoms. The molecule has 0 amide bonds. The molecule has 0 fully saturated rings. The Hall–Kier alpha value is 0.450. The van der Waals surface area contributed by atoms with E-state index in [1.807, 2.05) is 0 Å². The van der Waals surface area contributed by atoms with Gasteiger partial charge in [0, 0.05) is 13.2 Å². The van der Waals surface area contributed by atoms with Gasteiger partial charge in [-0.25, -0.2) is 0 Å². The number of ether oxygens (including phenoxy) is 2. The molecule has 28 heavy (non-hydrogen) atoms. The molecule has 0 aromatic heterocycles. The van der Waals surface area contributed by atoms with Crippen molar-refractivity contribution in [3.63, 3.8) is 0 Å². The molecule has 0 aromatic rings. The average molecular weight is 441 g/mol. The van der Waals surface area contributed by atoms with Crippen molar-refractivity contribution in [2.75, 3.05) is 33.0 Å². The first kappa shape index (κ1) is 28.5. The Balaban J connectivity index is 4.02. The molecule has 0 radical (unpaired) electrons. The van der Waals surface area contributed by atoms with Crippen molar-refractivity contribution in [3.05, 3.63) is 0 Å². The molecule has 2 atom stereocenters. The van der Waals surface area contributed by atoms with Crippen LogP contribution in [0.15, 0.2) is 0 Å². The van der Waals surface area contributed by atoms with Crippen LogP contribution in [0.2, 0.25) is 0 Å². The Labute approximate surface area is 179 Å². The van der Waals surface area contributed by atoms with Gasteiger partial charge in [-0.05, 0) is 31.6 Å². The van der Waals surface area contributed by atoms with E-state index < -0.39 is 6.72 Å². The summed E-state index contributed by atoms with van der Waals surface area (Å²) in [6.45, 7) is 5.51. The van der Waals surface area contributed by atoms with Gasteiger partial charge in [0.05, 0.1) is 19.8 Å². The Kier molecular flexibility index (Phi) is 21.0.